The van der Waals surface area contributed by atoms with Gasteiger partial charge in [0.05, 0.1) is 0 Å². The maximum Gasteiger partial charge on any atom is 0.272 e. The van der Waals surface area contributed by atoms with Crippen molar-refractivity contribution < 1.29 is 9.18 Å². The maximum atomic E-state index is 13.1. The lowest BCUT2D eigenvalue weighted by atomic mass is 9.97. The van der Waals surface area contributed by atoms with Gasteiger partial charge in [-0.25, -0.2) is 9.37 Å². The number of nitrogens with one attached hydrogen (secondary N) is 1. The second-order valence-corrected chi connectivity index (χ2v) is 6.36. The van der Waals surface area contributed by atoms with Crippen molar-refractivity contribution in [1.29, 1.82) is 0 Å². The number of hydrogen-bond donors (Lipinski definition) is 1. The van der Waals surface area contributed by atoms with Crippen LogP contribution >= 0.6 is 0 Å². The number of piperidine rings is 1. The Morgan fingerprint density at radius 1 is 1.19 bits per heavy atom. The zero-order chi connectivity index (χ0) is 17.9. The Bertz CT molecular complexity index is 894. The lowest BCUT2D eigenvalue weighted by molar-refractivity contribution is 0.0698. The van der Waals surface area contributed by atoms with Gasteiger partial charge >= 0.3 is 0 Å². The average molecular weight is 351 g/mol. The predicted octanol–water partition coefficient (Wildman–Crippen LogP) is 3.03. The number of halogens is 1. The fourth-order valence-corrected chi connectivity index (χ4v) is 3.22. The van der Waals surface area contributed by atoms with E-state index in [1.807, 2.05) is 11.0 Å². The van der Waals surface area contributed by atoms with Crippen molar-refractivity contribution in [3.63, 3.8) is 0 Å². The van der Waals surface area contributed by atoms with Gasteiger partial charge in [-0.3, -0.25) is 14.9 Å². The minimum absolute atomic E-state index is 0.0615. The molecule has 1 amide bonds. The molecule has 1 atom stereocenters. The van der Waals surface area contributed by atoms with Gasteiger partial charge in [0.2, 0.25) is 0 Å². The summed E-state index contributed by atoms with van der Waals surface area (Å²) in [5, 5.41) is 7.22. The van der Waals surface area contributed by atoms with E-state index >= 15 is 0 Å². The lowest BCUT2D eigenvalue weighted by Gasteiger charge is -2.31. The van der Waals surface area contributed by atoms with Crippen molar-refractivity contribution in [3.8, 4) is 11.4 Å². The molecule has 0 spiro atoms. The molecule has 1 aromatic carbocycles. The van der Waals surface area contributed by atoms with Crippen LogP contribution in [0.5, 0.6) is 0 Å². The molecule has 1 N–H and O–H groups in total. The fourth-order valence-electron chi connectivity index (χ4n) is 3.22. The third-order valence-corrected chi connectivity index (χ3v) is 4.58. The van der Waals surface area contributed by atoms with Crippen molar-refractivity contribution in [1.82, 2.24) is 25.1 Å². The molecule has 3 aromatic rings. The summed E-state index contributed by atoms with van der Waals surface area (Å²) >= 11 is 0. The number of rotatable bonds is 3. The molecule has 132 valence electrons. The minimum Gasteiger partial charge on any atom is -0.337 e. The first-order valence-electron chi connectivity index (χ1n) is 8.59. The molecule has 0 radical (unpaired) electrons. The summed E-state index contributed by atoms with van der Waals surface area (Å²) in [5.41, 5.74) is 1.21. The van der Waals surface area contributed by atoms with Gasteiger partial charge in [-0.1, -0.05) is 6.07 Å². The normalized spacial score (nSPS) is 17.3. The monoisotopic (exact) mass is 351 g/mol. The van der Waals surface area contributed by atoms with Crippen LogP contribution in [-0.4, -0.2) is 44.1 Å². The molecule has 1 fully saturated rings. The van der Waals surface area contributed by atoms with Gasteiger partial charge in [0, 0.05) is 30.8 Å². The molecule has 7 heteroatoms. The molecule has 4 rings (SSSR count). The van der Waals surface area contributed by atoms with E-state index in [9.17, 15) is 9.18 Å². The molecule has 0 aliphatic carbocycles. The third kappa shape index (κ3) is 3.33. The second kappa shape index (κ2) is 7.03. The largest absolute Gasteiger partial charge is 0.337 e. The predicted molar refractivity (Wildman–Crippen MR) is 93.9 cm³/mol. The van der Waals surface area contributed by atoms with Crippen LogP contribution in [0.2, 0.25) is 0 Å². The highest BCUT2D eigenvalue weighted by Crippen LogP contribution is 2.26. The van der Waals surface area contributed by atoms with Crippen LogP contribution in [0.3, 0.4) is 0 Å². The smallest absolute Gasteiger partial charge is 0.272 e. The Morgan fingerprint density at radius 3 is 2.81 bits per heavy atom. The number of carbonyl (C=O) groups is 1. The van der Waals surface area contributed by atoms with Crippen molar-refractivity contribution in [2.45, 2.75) is 18.8 Å². The Balaban J connectivity index is 1.50. The van der Waals surface area contributed by atoms with Crippen LogP contribution in [0.4, 0.5) is 4.39 Å². The number of benzene rings is 1. The molecular formula is C19H18FN5O. The number of amides is 1. The Hall–Kier alpha value is -3.09. The summed E-state index contributed by atoms with van der Waals surface area (Å²) in [6.45, 7) is 1.29. The quantitative estimate of drug-likeness (QED) is 0.787. The van der Waals surface area contributed by atoms with Crippen molar-refractivity contribution in [3.05, 3.63) is 66.0 Å². The molecule has 1 saturated heterocycles. The van der Waals surface area contributed by atoms with E-state index in [0.29, 0.717) is 24.6 Å². The van der Waals surface area contributed by atoms with E-state index < -0.39 is 0 Å². The van der Waals surface area contributed by atoms with Gasteiger partial charge in [0.1, 0.15) is 17.3 Å². The van der Waals surface area contributed by atoms with Gasteiger partial charge in [-0.2, -0.15) is 5.10 Å². The maximum absolute atomic E-state index is 13.1. The van der Waals surface area contributed by atoms with Crippen LogP contribution in [0, 0.1) is 5.82 Å². The van der Waals surface area contributed by atoms with E-state index in [0.717, 1.165) is 24.2 Å². The minimum atomic E-state index is -0.291. The number of aromatic nitrogens is 4. The number of likely N-dealkylation sites (tertiary alicyclic amines) is 1. The number of pyridine rings is 1. The summed E-state index contributed by atoms with van der Waals surface area (Å²) in [7, 11) is 0. The zero-order valence-corrected chi connectivity index (χ0v) is 14.1. The standard InChI is InChI=1S/C19H18FN5O/c20-15-8-6-13(7-9-15)17-22-18(24-23-17)14-4-3-11-25(12-14)19(26)16-5-1-2-10-21-16/h1-2,5-10,14H,3-4,11-12H2,(H,22,23,24). The zero-order valence-electron chi connectivity index (χ0n) is 14.1. The van der Waals surface area contributed by atoms with Crippen LogP contribution in [0.15, 0.2) is 48.7 Å². The van der Waals surface area contributed by atoms with E-state index in [1.54, 1.807) is 30.5 Å². The highest BCUT2D eigenvalue weighted by atomic mass is 19.1. The molecule has 0 saturated carbocycles. The molecular weight excluding hydrogens is 333 g/mol. The van der Waals surface area contributed by atoms with Gasteiger partial charge in [-0.15, -0.1) is 0 Å². The second-order valence-electron chi connectivity index (χ2n) is 6.36. The average Bonchev–Trinajstić information content (AvgIpc) is 3.19. The molecule has 26 heavy (non-hydrogen) atoms. The summed E-state index contributed by atoms with van der Waals surface area (Å²) < 4.78 is 13.1. The van der Waals surface area contributed by atoms with E-state index in [1.165, 1.54) is 12.1 Å². The van der Waals surface area contributed by atoms with Crippen molar-refractivity contribution >= 4 is 5.91 Å². The Kier molecular flexibility index (Phi) is 4.43. The first-order valence-corrected chi connectivity index (χ1v) is 8.59. The molecule has 1 unspecified atom stereocenters. The summed E-state index contributed by atoms with van der Waals surface area (Å²) in [5.74, 6) is 1.03. The van der Waals surface area contributed by atoms with Gasteiger partial charge in [-0.05, 0) is 49.2 Å². The molecule has 3 heterocycles. The lowest BCUT2D eigenvalue weighted by Crippen LogP contribution is -2.39. The van der Waals surface area contributed by atoms with Gasteiger partial charge in [0.15, 0.2) is 5.82 Å². The molecule has 1 aliphatic rings. The van der Waals surface area contributed by atoms with Gasteiger partial charge < -0.3 is 4.90 Å². The topological polar surface area (TPSA) is 74.8 Å². The van der Waals surface area contributed by atoms with Crippen LogP contribution in [-0.2, 0) is 0 Å². The highest BCUT2D eigenvalue weighted by molar-refractivity contribution is 5.92. The van der Waals surface area contributed by atoms with Crippen LogP contribution in [0.25, 0.3) is 11.4 Å². The van der Waals surface area contributed by atoms with Crippen LogP contribution in [0.1, 0.15) is 35.1 Å². The SMILES string of the molecule is O=C(c1ccccn1)N1CCCC(c2nc(-c3ccc(F)cc3)n[nH]2)C1. The Morgan fingerprint density at radius 2 is 2.04 bits per heavy atom. The van der Waals surface area contributed by atoms with Crippen molar-refractivity contribution in [2.24, 2.45) is 0 Å². The number of carbonyl (C=O) groups excluding carboxylic acids is 1. The first kappa shape index (κ1) is 16.4. The third-order valence-electron chi connectivity index (χ3n) is 4.58. The fraction of sp³-hybridized carbons (Fsp3) is 0.263. The summed E-state index contributed by atoms with van der Waals surface area (Å²) in [6.07, 6.45) is 3.46. The number of H-pyrrole nitrogens is 1. The molecule has 0 bridgehead atoms. The van der Waals surface area contributed by atoms with Crippen LogP contribution < -0.4 is 0 Å². The Labute approximate surface area is 150 Å². The molecule has 2 aromatic heterocycles. The van der Waals surface area contributed by atoms with E-state index in [2.05, 4.69) is 20.2 Å². The van der Waals surface area contributed by atoms with Crippen molar-refractivity contribution in [2.75, 3.05) is 13.1 Å². The van der Waals surface area contributed by atoms with E-state index in [4.69, 9.17) is 0 Å². The number of aromatic amines is 1. The summed E-state index contributed by atoms with van der Waals surface area (Å²) in [6, 6.07) is 11.4. The molecule has 1 aliphatic heterocycles. The summed E-state index contributed by atoms with van der Waals surface area (Å²) in [4.78, 5) is 23.1. The highest BCUT2D eigenvalue weighted by Gasteiger charge is 2.28. The number of nitrogens with zero attached hydrogens (tertiary/aromatic N) is 4. The van der Waals surface area contributed by atoms with E-state index in [-0.39, 0.29) is 17.6 Å². The molecule has 6 nitrogen and oxygen atoms in total. The van der Waals surface area contributed by atoms with Gasteiger partial charge in [0.25, 0.3) is 5.91 Å². The first-order chi connectivity index (χ1) is 12.7. The number of hydrogen-bond acceptors (Lipinski definition) is 4.